The molecule has 1 saturated heterocycles. The number of amides is 3. The minimum Gasteiger partial charge on any atom is -0.495 e. The molecule has 1 heterocycles. The lowest BCUT2D eigenvalue weighted by atomic mass is 10.2. The maximum absolute atomic E-state index is 12.0. The number of imide groups is 1. The minimum absolute atomic E-state index is 0.0598. The number of hydrogen-bond donors (Lipinski definition) is 3. The van der Waals surface area contributed by atoms with E-state index in [2.05, 4.69) is 21.6 Å². The van der Waals surface area contributed by atoms with Crippen LogP contribution in [0.5, 0.6) is 5.75 Å². The number of benzene rings is 1. The summed E-state index contributed by atoms with van der Waals surface area (Å²) in [5.74, 6) is 0.631. The second-order valence-corrected chi connectivity index (χ2v) is 6.42. The van der Waals surface area contributed by atoms with E-state index in [1.165, 1.54) is 4.90 Å². The van der Waals surface area contributed by atoms with Gasteiger partial charge in [0.2, 0.25) is 0 Å². The summed E-state index contributed by atoms with van der Waals surface area (Å²) in [5.41, 5.74) is 1.08. The standard InChI is InChI=1S/C18H28N4O3/c1-4-14(2)19-18(24)20-17(23)13-21-9-11-22(12-10-21)15-7-5-6-8-16(15)25-3/h5-8,14H,4,9-13H2,1-3H3,(H2,19,20,23,24)/p+1/t14-/m0/s1. The second kappa shape index (κ2) is 9.27. The second-order valence-electron chi connectivity index (χ2n) is 6.42. The van der Waals surface area contributed by atoms with Gasteiger partial charge in [0, 0.05) is 6.04 Å². The van der Waals surface area contributed by atoms with Crippen LogP contribution in [0.15, 0.2) is 24.3 Å². The average molecular weight is 349 g/mol. The van der Waals surface area contributed by atoms with Crippen molar-refractivity contribution in [2.24, 2.45) is 0 Å². The van der Waals surface area contributed by atoms with Gasteiger partial charge in [0.25, 0.3) is 5.91 Å². The zero-order chi connectivity index (χ0) is 18.2. The molecule has 0 bridgehead atoms. The Labute approximate surface area is 149 Å². The minimum atomic E-state index is -0.411. The van der Waals surface area contributed by atoms with Crippen LogP contribution in [-0.4, -0.2) is 57.8 Å². The summed E-state index contributed by atoms with van der Waals surface area (Å²) < 4.78 is 5.42. The fourth-order valence-electron chi connectivity index (χ4n) is 2.89. The van der Waals surface area contributed by atoms with E-state index in [0.717, 1.165) is 44.0 Å². The fraction of sp³-hybridized carbons (Fsp3) is 0.556. The lowest BCUT2D eigenvalue weighted by Gasteiger charge is -2.33. The van der Waals surface area contributed by atoms with Gasteiger partial charge in [-0.2, -0.15) is 0 Å². The lowest BCUT2D eigenvalue weighted by molar-refractivity contribution is -0.892. The van der Waals surface area contributed by atoms with Crippen LogP contribution in [0.25, 0.3) is 0 Å². The maximum atomic E-state index is 12.0. The molecule has 0 spiro atoms. The van der Waals surface area contributed by atoms with Gasteiger partial charge < -0.3 is 19.9 Å². The molecule has 0 unspecified atom stereocenters. The van der Waals surface area contributed by atoms with Crippen LogP contribution in [0.1, 0.15) is 20.3 Å². The van der Waals surface area contributed by atoms with E-state index in [-0.39, 0.29) is 11.9 Å². The third kappa shape index (κ3) is 5.63. The molecule has 0 aromatic heterocycles. The fourth-order valence-corrected chi connectivity index (χ4v) is 2.89. The predicted octanol–water partition coefficient (Wildman–Crippen LogP) is 0.0244. The molecular formula is C18H29N4O3+. The van der Waals surface area contributed by atoms with Crippen LogP contribution in [0, 0.1) is 0 Å². The molecule has 138 valence electrons. The number of methoxy groups -OCH3 is 1. The number of urea groups is 1. The number of quaternary nitrogens is 1. The zero-order valence-electron chi connectivity index (χ0n) is 15.3. The third-order valence-corrected chi connectivity index (χ3v) is 4.55. The SMILES string of the molecule is CC[C@H](C)NC(=O)NC(=O)C[NH+]1CCN(c2ccccc2OC)CC1. The lowest BCUT2D eigenvalue weighted by Crippen LogP contribution is -3.16. The van der Waals surface area contributed by atoms with Gasteiger partial charge in [0.05, 0.1) is 39.0 Å². The number of nitrogens with zero attached hydrogens (tertiary/aromatic N) is 1. The van der Waals surface area contributed by atoms with Gasteiger partial charge >= 0.3 is 6.03 Å². The summed E-state index contributed by atoms with van der Waals surface area (Å²) >= 11 is 0. The summed E-state index contributed by atoms with van der Waals surface area (Å²) in [6, 6.07) is 7.61. The van der Waals surface area contributed by atoms with Crippen molar-refractivity contribution in [3.63, 3.8) is 0 Å². The molecule has 7 nitrogen and oxygen atoms in total. The van der Waals surface area contributed by atoms with Gasteiger partial charge in [0.1, 0.15) is 5.75 Å². The summed E-state index contributed by atoms with van der Waals surface area (Å²) in [5, 5.41) is 5.15. The number of nitrogens with one attached hydrogen (secondary N) is 3. The van der Waals surface area contributed by atoms with Crippen LogP contribution in [0.3, 0.4) is 0 Å². The Morgan fingerprint density at radius 1 is 1.28 bits per heavy atom. The molecule has 25 heavy (non-hydrogen) atoms. The van der Waals surface area contributed by atoms with Crippen molar-refractivity contribution in [1.29, 1.82) is 0 Å². The third-order valence-electron chi connectivity index (χ3n) is 4.55. The number of carbonyl (C=O) groups is 2. The van der Waals surface area contributed by atoms with Crippen molar-refractivity contribution in [3.8, 4) is 5.75 Å². The zero-order valence-corrected chi connectivity index (χ0v) is 15.3. The topological polar surface area (TPSA) is 75.1 Å². The predicted molar refractivity (Wildman–Crippen MR) is 97.2 cm³/mol. The Kier molecular flexibility index (Phi) is 7.06. The van der Waals surface area contributed by atoms with Crippen LogP contribution < -0.4 is 25.2 Å². The van der Waals surface area contributed by atoms with E-state index in [9.17, 15) is 9.59 Å². The Morgan fingerprint density at radius 2 is 1.96 bits per heavy atom. The number of carbonyl (C=O) groups excluding carboxylic acids is 2. The molecule has 1 atom stereocenters. The highest BCUT2D eigenvalue weighted by atomic mass is 16.5. The van der Waals surface area contributed by atoms with Crippen LogP contribution >= 0.6 is 0 Å². The van der Waals surface area contributed by atoms with Crippen molar-refractivity contribution in [2.75, 3.05) is 44.7 Å². The van der Waals surface area contributed by atoms with E-state index in [1.807, 2.05) is 32.0 Å². The molecule has 3 amide bonds. The Hall–Kier alpha value is -2.28. The molecule has 1 fully saturated rings. The molecule has 1 aromatic carbocycles. The van der Waals surface area contributed by atoms with Gasteiger partial charge in [0.15, 0.2) is 6.54 Å². The monoisotopic (exact) mass is 349 g/mol. The first-order valence-corrected chi connectivity index (χ1v) is 8.85. The molecule has 3 N–H and O–H groups in total. The molecule has 1 aliphatic heterocycles. The van der Waals surface area contributed by atoms with E-state index in [1.54, 1.807) is 7.11 Å². The molecule has 2 rings (SSSR count). The molecule has 1 aliphatic rings. The first kappa shape index (κ1) is 19.1. The van der Waals surface area contributed by atoms with Gasteiger partial charge in [-0.05, 0) is 25.5 Å². The van der Waals surface area contributed by atoms with Gasteiger partial charge in [-0.3, -0.25) is 10.1 Å². The van der Waals surface area contributed by atoms with Crippen molar-refractivity contribution in [1.82, 2.24) is 10.6 Å². The molecule has 1 aromatic rings. The number of anilines is 1. The Balaban J connectivity index is 1.78. The summed E-state index contributed by atoms with van der Waals surface area (Å²) in [6.45, 7) is 7.60. The normalized spacial score (nSPS) is 16.2. The largest absolute Gasteiger partial charge is 0.495 e. The highest BCUT2D eigenvalue weighted by Crippen LogP contribution is 2.27. The quantitative estimate of drug-likeness (QED) is 0.677. The van der Waals surface area contributed by atoms with E-state index in [4.69, 9.17) is 4.74 Å². The van der Waals surface area contributed by atoms with Gasteiger partial charge in [-0.15, -0.1) is 0 Å². The van der Waals surface area contributed by atoms with E-state index >= 15 is 0 Å². The first-order valence-electron chi connectivity index (χ1n) is 8.85. The number of ether oxygens (including phenoxy) is 1. The highest BCUT2D eigenvalue weighted by Gasteiger charge is 2.24. The molecule has 0 aliphatic carbocycles. The maximum Gasteiger partial charge on any atom is 0.321 e. The number of hydrogen-bond acceptors (Lipinski definition) is 4. The first-order chi connectivity index (χ1) is 12.0. The van der Waals surface area contributed by atoms with Crippen molar-refractivity contribution in [3.05, 3.63) is 24.3 Å². The number of rotatable bonds is 6. The summed E-state index contributed by atoms with van der Waals surface area (Å²) in [7, 11) is 1.68. The Morgan fingerprint density at radius 3 is 2.60 bits per heavy atom. The number of piperazine rings is 1. The molecule has 0 radical (unpaired) electrons. The summed E-state index contributed by atoms with van der Waals surface area (Å²) in [6.07, 6.45) is 0.831. The van der Waals surface area contributed by atoms with E-state index in [0.29, 0.717) is 6.54 Å². The Bertz CT molecular complexity index is 585. The van der Waals surface area contributed by atoms with Gasteiger partial charge in [-0.25, -0.2) is 4.79 Å². The summed E-state index contributed by atoms with van der Waals surface area (Å²) in [4.78, 5) is 27.2. The number of para-hydroxylation sites is 2. The van der Waals surface area contributed by atoms with Crippen LogP contribution in [0.2, 0.25) is 0 Å². The molecule has 0 saturated carbocycles. The molecule has 7 heteroatoms. The van der Waals surface area contributed by atoms with Crippen molar-refractivity contribution >= 4 is 17.6 Å². The van der Waals surface area contributed by atoms with Crippen LogP contribution in [-0.2, 0) is 4.79 Å². The highest BCUT2D eigenvalue weighted by molar-refractivity contribution is 5.94. The van der Waals surface area contributed by atoms with Gasteiger partial charge in [-0.1, -0.05) is 19.1 Å². The molecular weight excluding hydrogens is 320 g/mol. The smallest absolute Gasteiger partial charge is 0.321 e. The van der Waals surface area contributed by atoms with Crippen LogP contribution in [0.4, 0.5) is 10.5 Å². The average Bonchev–Trinajstić information content (AvgIpc) is 2.62. The van der Waals surface area contributed by atoms with E-state index < -0.39 is 6.03 Å². The van der Waals surface area contributed by atoms with Crippen molar-refractivity contribution < 1.29 is 19.2 Å². The van der Waals surface area contributed by atoms with Crippen molar-refractivity contribution in [2.45, 2.75) is 26.3 Å².